The average molecular weight is 242 g/mol. The van der Waals surface area contributed by atoms with E-state index < -0.39 is 0 Å². The Balaban J connectivity index is 2.18. The van der Waals surface area contributed by atoms with Crippen LogP contribution in [0.5, 0.6) is 5.75 Å². The minimum atomic E-state index is -0.0389. The molecule has 0 amide bonds. The van der Waals surface area contributed by atoms with Crippen LogP contribution >= 0.6 is 0 Å². The fourth-order valence-electron chi connectivity index (χ4n) is 2.02. The number of rotatable bonds is 4. The molecule has 0 spiro atoms. The normalized spacial score (nSPS) is 12.2. The largest absolute Gasteiger partial charge is 0.496 e. The van der Waals surface area contributed by atoms with Gasteiger partial charge in [0.05, 0.1) is 7.11 Å². The molecule has 0 aliphatic rings. The molecule has 2 N–H and O–H groups in total. The summed E-state index contributed by atoms with van der Waals surface area (Å²) in [6.07, 6.45) is 2.56. The number of nitrogens with two attached hydrogens (primary N) is 1. The van der Waals surface area contributed by atoms with Crippen LogP contribution in [-0.2, 0) is 6.42 Å². The van der Waals surface area contributed by atoms with Crippen LogP contribution in [0.3, 0.4) is 0 Å². The number of aryl methyl sites for hydroxylation is 1. The molecule has 0 fully saturated rings. The minimum Gasteiger partial charge on any atom is -0.496 e. The maximum Gasteiger partial charge on any atom is 0.122 e. The Labute approximate surface area is 108 Å². The molecule has 2 rings (SSSR count). The Bertz CT molecular complexity index is 525. The van der Waals surface area contributed by atoms with Crippen LogP contribution in [0.15, 0.2) is 42.6 Å². The molecule has 3 heteroatoms. The van der Waals surface area contributed by atoms with Crippen molar-refractivity contribution in [3.63, 3.8) is 0 Å². The van der Waals surface area contributed by atoms with E-state index in [1.165, 1.54) is 0 Å². The molecule has 1 heterocycles. The highest BCUT2D eigenvalue weighted by molar-refractivity contribution is 5.35. The molecule has 1 aromatic carbocycles. The second kappa shape index (κ2) is 5.65. The van der Waals surface area contributed by atoms with Gasteiger partial charge in [0.1, 0.15) is 5.75 Å². The van der Waals surface area contributed by atoms with Crippen molar-refractivity contribution in [1.29, 1.82) is 0 Å². The van der Waals surface area contributed by atoms with E-state index in [0.29, 0.717) is 0 Å². The van der Waals surface area contributed by atoms with Crippen molar-refractivity contribution >= 4 is 0 Å². The predicted molar refractivity (Wildman–Crippen MR) is 72.6 cm³/mol. The average Bonchev–Trinajstić information content (AvgIpc) is 2.39. The summed E-state index contributed by atoms with van der Waals surface area (Å²) < 4.78 is 5.34. The van der Waals surface area contributed by atoms with Crippen molar-refractivity contribution in [2.75, 3.05) is 7.11 Å². The van der Waals surface area contributed by atoms with Crippen molar-refractivity contribution in [2.24, 2.45) is 5.73 Å². The van der Waals surface area contributed by atoms with Crippen molar-refractivity contribution in [1.82, 2.24) is 4.98 Å². The van der Waals surface area contributed by atoms with E-state index >= 15 is 0 Å². The zero-order valence-corrected chi connectivity index (χ0v) is 10.8. The summed E-state index contributed by atoms with van der Waals surface area (Å²) in [6, 6.07) is 11.9. The number of benzene rings is 1. The van der Waals surface area contributed by atoms with Gasteiger partial charge in [-0.1, -0.05) is 18.2 Å². The lowest BCUT2D eigenvalue weighted by molar-refractivity contribution is 0.408. The first-order chi connectivity index (χ1) is 8.70. The molecule has 0 saturated heterocycles. The van der Waals surface area contributed by atoms with Crippen molar-refractivity contribution in [3.05, 3.63) is 59.4 Å². The number of ether oxygens (including phenoxy) is 1. The molecular formula is C15H18N2O. The van der Waals surface area contributed by atoms with Crippen LogP contribution in [0.2, 0.25) is 0 Å². The summed E-state index contributed by atoms with van der Waals surface area (Å²) in [6.45, 7) is 1.97. The molecule has 18 heavy (non-hydrogen) atoms. The van der Waals surface area contributed by atoms with Crippen LogP contribution in [-0.4, -0.2) is 12.1 Å². The van der Waals surface area contributed by atoms with Gasteiger partial charge < -0.3 is 10.5 Å². The second-order valence-corrected chi connectivity index (χ2v) is 4.35. The van der Waals surface area contributed by atoms with E-state index in [-0.39, 0.29) is 6.04 Å². The van der Waals surface area contributed by atoms with Gasteiger partial charge in [0.25, 0.3) is 0 Å². The highest BCUT2D eigenvalue weighted by Crippen LogP contribution is 2.23. The maximum absolute atomic E-state index is 6.24. The topological polar surface area (TPSA) is 48.1 Å². The van der Waals surface area contributed by atoms with E-state index in [2.05, 4.69) is 4.98 Å². The molecule has 0 bridgehead atoms. The number of hydrogen-bond donors (Lipinski definition) is 1. The van der Waals surface area contributed by atoms with Gasteiger partial charge in [0.2, 0.25) is 0 Å². The molecular weight excluding hydrogens is 224 g/mol. The first kappa shape index (κ1) is 12.6. The van der Waals surface area contributed by atoms with Gasteiger partial charge in [-0.05, 0) is 42.7 Å². The highest BCUT2D eigenvalue weighted by Gasteiger charge is 2.10. The van der Waals surface area contributed by atoms with Gasteiger partial charge >= 0.3 is 0 Å². The lowest BCUT2D eigenvalue weighted by Gasteiger charge is -2.14. The number of hydrogen-bond acceptors (Lipinski definition) is 3. The summed E-state index contributed by atoms with van der Waals surface area (Å²) in [5, 5.41) is 0. The fraction of sp³-hybridized carbons (Fsp3) is 0.267. The summed E-state index contributed by atoms with van der Waals surface area (Å²) >= 11 is 0. The summed E-state index contributed by atoms with van der Waals surface area (Å²) in [7, 11) is 1.68. The predicted octanol–water partition coefficient (Wildman–Crippen LogP) is 2.64. The molecule has 0 aliphatic heterocycles. The van der Waals surface area contributed by atoms with Crippen molar-refractivity contribution in [2.45, 2.75) is 19.4 Å². The Morgan fingerprint density at radius 2 is 2.06 bits per heavy atom. The summed E-state index contributed by atoms with van der Waals surface area (Å²) in [4.78, 5) is 4.18. The van der Waals surface area contributed by atoms with Gasteiger partial charge in [-0.15, -0.1) is 0 Å². The van der Waals surface area contributed by atoms with E-state index in [0.717, 1.165) is 29.0 Å². The van der Waals surface area contributed by atoms with E-state index in [4.69, 9.17) is 10.5 Å². The Morgan fingerprint density at radius 3 is 2.78 bits per heavy atom. The van der Waals surface area contributed by atoms with Crippen LogP contribution in [0.25, 0.3) is 0 Å². The van der Waals surface area contributed by atoms with Crippen LogP contribution in [0, 0.1) is 6.92 Å². The second-order valence-electron chi connectivity index (χ2n) is 4.35. The molecule has 0 radical (unpaired) electrons. The van der Waals surface area contributed by atoms with Crippen molar-refractivity contribution < 1.29 is 4.74 Å². The van der Waals surface area contributed by atoms with E-state index in [9.17, 15) is 0 Å². The SMILES string of the molecule is COc1ccccc1CC(N)c1ccnc(C)c1. The van der Waals surface area contributed by atoms with Gasteiger partial charge in [-0.3, -0.25) is 4.98 Å². The minimum absolute atomic E-state index is 0.0389. The standard InChI is InChI=1S/C15H18N2O/c1-11-9-12(7-8-17-11)14(16)10-13-5-3-4-6-15(13)18-2/h3-9,14H,10,16H2,1-2H3. The first-order valence-corrected chi connectivity index (χ1v) is 6.00. The van der Waals surface area contributed by atoms with Gasteiger partial charge in [0.15, 0.2) is 0 Å². The van der Waals surface area contributed by atoms with E-state index in [1.807, 2.05) is 43.3 Å². The number of pyridine rings is 1. The monoisotopic (exact) mass is 242 g/mol. The number of para-hydroxylation sites is 1. The Hall–Kier alpha value is -1.87. The highest BCUT2D eigenvalue weighted by atomic mass is 16.5. The van der Waals surface area contributed by atoms with Crippen LogP contribution in [0.4, 0.5) is 0 Å². The zero-order chi connectivity index (χ0) is 13.0. The fourth-order valence-corrected chi connectivity index (χ4v) is 2.02. The molecule has 1 aromatic heterocycles. The van der Waals surface area contributed by atoms with Crippen LogP contribution in [0.1, 0.15) is 22.9 Å². The number of nitrogens with zero attached hydrogens (tertiary/aromatic N) is 1. The molecule has 94 valence electrons. The number of methoxy groups -OCH3 is 1. The Morgan fingerprint density at radius 1 is 1.28 bits per heavy atom. The summed E-state index contributed by atoms with van der Waals surface area (Å²) in [5.74, 6) is 0.888. The summed E-state index contributed by atoms with van der Waals surface area (Å²) in [5.41, 5.74) is 9.46. The van der Waals surface area contributed by atoms with Gasteiger partial charge in [0, 0.05) is 17.9 Å². The lowest BCUT2D eigenvalue weighted by atomic mass is 9.99. The van der Waals surface area contributed by atoms with Crippen molar-refractivity contribution in [3.8, 4) is 5.75 Å². The zero-order valence-electron chi connectivity index (χ0n) is 10.8. The van der Waals surface area contributed by atoms with Gasteiger partial charge in [-0.25, -0.2) is 0 Å². The molecule has 0 saturated carbocycles. The molecule has 1 unspecified atom stereocenters. The molecule has 3 nitrogen and oxygen atoms in total. The van der Waals surface area contributed by atoms with Gasteiger partial charge in [-0.2, -0.15) is 0 Å². The smallest absolute Gasteiger partial charge is 0.122 e. The first-order valence-electron chi connectivity index (χ1n) is 6.00. The Kier molecular flexibility index (Phi) is 3.95. The van der Waals surface area contributed by atoms with Crippen LogP contribution < -0.4 is 10.5 Å². The third kappa shape index (κ3) is 2.87. The molecule has 0 aliphatic carbocycles. The number of aromatic nitrogens is 1. The lowest BCUT2D eigenvalue weighted by Crippen LogP contribution is -2.14. The third-order valence-electron chi connectivity index (χ3n) is 2.98. The molecule has 1 atom stereocenters. The maximum atomic E-state index is 6.24. The third-order valence-corrected chi connectivity index (χ3v) is 2.98. The quantitative estimate of drug-likeness (QED) is 0.896. The van der Waals surface area contributed by atoms with E-state index in [1.54, 1.807) is 13.3 Å². The molecule has 2 aromatic rings.